The van der Waals surface area contributed by atoms with Crippen molar-refractivity contribution in [1.82, 2.24) is 10.6 Å². The summed E-state index contributed by atoms with van der Waals surface area (Å²) in [6, 6.07) is -0.148. The maximum absolute atomic E-state index is 11.8. The second-order valence-corrected chi connectivity index (χ2v) is 5.53. The Balaban J connectivity index is 2.65. The Hall–Kier alpha value is -0.840. The molecule has 0 saturated heterocycles. The summed E-state index contributed by atoms with van der Waals surface area (Å²) in [6.45, 7) is 2.71. The third-order valence-corrected chi connectivity index (χ3v) is 3.96. The second-order valence-electron chi connectivity index (χ2n) is 5.10. The van der Waals surface area contributed by atoms with E-state index in [1.807, 2.05) is 6.92 Å². The molecule has 1 fully saturated rings. The summed E-state index contributed by atoms with van der Waals surface area (Å²) in [6.07, 6.45) is 8.47. The first-order valence-electron chi connectivity index (χ1n) is 6.96. The monoisotopic (exact) mass is 271 g/mol. The van der Waals surface area contributed by atoms with Gasteiger partial charge in [-0.3, -0.25) is 0 Å². The summed E-state index contributed by atoms with van der Waals surface area (Å²) < 4.78 is 0. The molecule has 1 aliphatic carbocycles. The molecule has 1 rings (SSSR count). The molecule has 0 spiro atoms. The van der Waals surface area contributed by atoms with Gasteiger partial charge in [-0.05, 0) is 19.3 Å². The summed E-state index contributed by atoms with van der Waals surface area (Å²) in [5, 5.41) is 5.85. The van der Waals surface area contributed by atoms with Crippen LogP contribution >= 0.6 is 12.2 Å². The van der Waals surface area contributed by atoms with E-state index in [-0.39, 0.29) is 6.03 Å². The maximum atomic E-state index is 11.8. The average Bonchev–Trinajstić information content (AvgIpc) is 2.29. The topological polar surface area (TPSA) is 67.2 Å². The third kappa shape index (κ3) is 4.44. The first-order chi connectivity index (χ1) is 8.60. The SMILES string of the molecule is CCCNC(=O)NC1(C(N)=S)CCCCCCC1. The number of nitrogens with one attached hydrogen (secondary N) is 2. The van der Waals surface area contributed by atoms with Crippen LogP contribution in [0.3, 0.4) is 0 Å². The largest absolute Gasteiger partial charge is 0.391 e. The molecule has 1 aliphatic rings. The van der Waals surface area contributed by atoms with Crippen LogP contribution in [-0.2, 0) is 0 Å². The normalized spacial score (nSPS) is 19.4. The summed E-state index contributed by atoms with van der Waals surface area (Å²) in [5.74, 6) is 0. The molecule has 1 saturated carbocycles. The highest BCUT2D eigenvalue weighted by molar-refractivity contribution is 7.80. The molecule has 0 aromatic rings. The molecule has 0 aromatic carbocycles. The first-order valence-corrected chi connectivity index (χ1v) is 7.37. The molecule has 0 heterocycles. The second kappa shape index (κ2) is 7.56. The quantitative estimate of drug-likeness (QED) is 0.688. The van der Waals surface area contributed by atoms with E-state index >= 15 is 0 Å². The zero-order chi connectivity index (χ0) is 13.4. The highest BCUT2D eigenvalue weighted by Crippen LogP contribution is 2.26. The zero-order valence-electron chi connectivity index (χ0n) is 11.3. The van der Waals surface area contributed by atoms with Crippen molar-refractivity contribution in [2.45, 2.75) is 63.8 Å². The fourth-order valence-electron chi connectivity index (χ4n) is 2.44. The molecule has 0 radical (unpaired) electrons. The molecular weight excluding hydrogens is 246 g/mol. The summed E-state index contributed by atoms with van der Waals surface area (Å²) in [4.78, 5) is 12.3. The van der Waals surface area contributed by atoms with Gasteiger partial charge in [0.05, 0.1) is 10.5 Å². The number of amides is 2. The summed E-state index contributed by atoms with van der Waals surface area (Å²) in [5.41, 5.74) is 5.41. The molecule has 0 aromatic heterocycles. The van der Waals surface area contributed by atoms with Crippen molar-refractivity contribution < 1.29 is 4.79 Å². The van der Waals surface area contributed by atoms with Gasteiger partial charge in [-0.1, -0.05) is 51.2 Å². The molecule has 0 aliphatic heterocycles. The minimum Gasteiger partial charge on any atom is -0.391 e. The van der Waals surface area contributed by atoms with Gasteiger partial charge in [0.25, 0.3) is 0 Å². The maximum Gasteiger partial charge on any atom is 0.315 e. The molecule has 4 N–H and O–H groups in total. The molecule has 18 heavy (non-hydrogen) atoms. The number of thiocarbonyl (C=S) groups is 1. The van der Waals surface area contributed by atoms with Gasteiger partial charge in [-0.2, -0.15) is 0 Å². The Morgan fingerprint density at radius 1 is 1.22 bits per heavy atom. The number of hydrogen-bond acceptors (Lipinski definition) is 2. The van der Waals surface area contributed by atoms with Gasteiger partial charge in [-0.15, -0.1) is 0 Å². The van der Waals surface area contributed by atoms with E-state index in [0.29, 0.717) is 11.5 Å². The van der Waals surface area contributed by atoms with Crippen LogP contribution in [-0.4, -0.2) is 23.1 Å². The minimum atomic E-state index is -0.479. The fraction of sp³-hybridized carbons (Fsp3) is 0.846. The smallest absolute Gasteiger partial charge is 0.315 e. The lowest BCUT2D eigenvalue weighted by Crippen LogP contribution is -2.59. The average molecular weight is 271 g/mol. The van der Waals surface area contributed by atoms with Crippen LogP contribution in [0.15, 0.2) is 0 Å². The number of carbonyl (C=O) groups is 1. The van der Waals surface area contributed by atoms with Gasteiger partial charge in [0, 0.05) is 6.54 Å². The van der Waals surface area contributed by atoms with Crippen LogP contribution in [0.5, 0.6) is 0 Å². The van der Waals surface area contributed by atoms with Crippen LogP contribution in [0.1, 0.15) is 58.3 Å². The number of hydrogen-bond donors (Lipinski definition) is 3. The predicted molar refractivity (Wildman–Crippen MR) is 78.7 cm³/mol. The van der Waals surface area contributed by atoms with Crippen molar-refractivity contribution in [2.75, 3.05) is 6.54 Å². The number of nitrogens with two attached hydrogens (primary N) is 1. The van der Waals surface area contributed by atoms with E-state index in [9.17, 15) is 4.79 Å². The van der Waals surface area contributed by atoms with Crippen LogP contribution in [0.25, 0.3) is 0 Å². The Kier molecular flexibility index (Phi) is 6.39. The van der Waals surface area contributed by atoms with Gasteiger partial charge >= 0.3 is 6.03 Å². The minimum absolute atomic E-state index is 0.148. The van der Waals surface area contributed by atoms with Gasteiger partial charge in [0.15, 0.2) is 0 Å². The molecule has 0 unspecified atom stereocenters. The lowest BCUT2D eigenvalue weighted by molar-refractivity contribution is 0.227. The van der Waals surface area contributed by atoms with Crippen molar-refractivity contribution >= 4 is 23.2 Å². The van der Waals surface area contributed by atoms with Gasteiger partial charge in [0.2, 0.25) is 0 Å². The molecule has 5 heteroatoms. The van der Waals surface area contributed by atoms with E-state index < -0.39 is 5.54 Å². The van der Waals surface area contributed by atoms with E-state index in [0.717, 1.165) is 32.1 Å². The number of carbonyl (C=O) groups excluding carboxylic acids is 1. The zero-order valence-corrected chi connectivity index (χ0v) is 12.1. The molecule has 104 valence electrons. The molecular formula is C13H25N3OS. The summed E-state index contributed by atoms with van der Waals surface area (Å²) >= 11 is 5.20. The van der Waals surface area contributed by atoms with Gasteiger partial charge < -0.3 is 16.4 Å². The lowest BCUT2D eigenvalue weighted by Gasteiger charge is -2.35. The highest BCUT2D eigenvalue weighted by Gasteiger charge is 2.34. The standard InChI is InChI=1S/C13H25N3OS/c1-2-10-15-12(17)16-13(11(14)18)8-6-4-3-5-7-9-13/h2-10H2,1H3,(H2,14,18)(H2,15,16,17). The molecule has 4 nitrogen and oxygen atoms in total. The van der Waals surface area contributed by atoms with Crippen molar-refractivity contribution in [3.8, 4) is 0 Å². The van der Waals surface area contributed by atoms with Crippen molar-refractivity contribution in [2.24, 2.45) is 5.73 Å². The van der Waals surface area contributed by atoms with E-state index in [4.69, 9.17) is 18.0 Å². The van der Waals surface area contributed by atoms with Gasteiger partial charge in [0.1, 0.15) is 0 Å². The molecule has 2 amide bonds. The predicted octanol–water partition coefficient (Wildman–Crippen LogP) is 2.46. The van der Waals surface area contributed by atoms with Crippen LogP contribution < -0.4 is 16.4 Å². The van der Waals surface area contributed by atoms with Crippen molar-refractivity contribution in [1.29, 1.82) is 0 Å². The lowest BCUT2D eigenvalue weighted by atomic mass is 9.84. The number of urea groups is 1. The van der Waals surface area contributed by atoms with Crippen LogP contribution in [0.4, 0.5) is 4.79 Å². The van der Waals surface area contributed by atoms with E-state index in [2.05, 4.69) is 10.6 Å². The Morgan fingerprint density at radius 3 is 2.28 bits per heavy atom. The Morgan fingerprint density at radius 2 is 1.78 bits per heavy atom. The fourth-order valence-corrected chi connectivity index (χ4v) is 2.70. The van der Waals surface area contributed by atoms with Crippen molar-refractivity contribution in [3.63, 3.8) is 0 Å². The van der Waals surface area contributed by atoms with Gasteiger partial charge in [-0.25, -0.2) is 4.79 Å². The molecule has 0 bridgehead atoms. The highest BCUT2D eigenvalue weighted by atomic mass is 32.1. The third-order valence-electron chi connectivity index (χ3n) is 3.57. The Labute approximate surface area is 115 Å². The first kappa shape index (κ1) is 15.2. The van der Waals surface area contributed by atoms with Crippen LogP contribution in [0, 0.1) is 0 Å². The summed E-state index contributed by atoms with van der Waals surface area (Å²) in [7, 11) is 0. The number of rotatable bonds is 4. The Bertz CT molecular complexity index is 286. The molecule has 0 atom stereocenters. The van der Waals surface area contributed by atoms with E-state index in [1.54, 1.807) is 0 Å². The van der Waals surface area contributed by atoms with Crippen molar-refractivity contribution in [3.05, 3.63) is 0 Å². The van der Waals surface area contributed by atoms with E-state index in [1.165, 1.54) is 19.3 Å². The van der Waals surface area contributed by atoms with Crippen LogP contribution in [0.2, 0.25) is 0 Å².